The number of aromatic nitrogens is 2. The predicted molar refractivity (Wildman–Crippen MR) is 115 cm³/mol. The van der Waals surface area contributed by atoms with Crippen LogP contribution in [0.4, 0.5) is 0 Å². The third-order valence-corrected chi connectivity index (χ3v) is 8.68. The minimum absolute atomic E-state index is 0.193. The fourth-order valence-corrected chi connectivity index (χ4v) is 6.55. The quantitative estimate of drug-likeness (QED) is 0.637. The second-order valence-electron chi connectivity index (χ2n) is 6.78. The van der Waals surface area contributed by atoms with Gasteiger partial charge in [0.15, 0.2) is 0 Å². The van der Waals surface area contributed by atoms with E-state index in [0.29, 0.717) is 10.8 Å². The number of rotatable bonds is 3. The van der Waals surface area contributed by atoms with Crippen LogP contribution in [0, 0.1) is 0 Å². The SMILES string of the molecule is C=S1(=O)C[C@@](C)(c2sc(-c3cccc(-c4ncon4)c3)cc2Cl)N=C(N)N1C. The van der Waals surface area contributed by atoms with E-state index in [-0.39, 0.29) is 11.7 Å². The molecule has 146 valence electrons. The highest BCUT2D eigenvalue weighted by atomic mass is 35.5. The van der Waals surface area contributed by atoms with Crippen LogP contribution in [-0.2, 0) is 15.2 Å². The van der Waals surface area contributed by atoms with Crippen LogP contribution in [0.15, 0.2) is 46.2 Å². The number of hydrogen-bond acceptors (Lipinski definition) is 7. The zero-order valence-corrected chi connectivity index (χ0v) is 17.6. The van der Waals surface area contributed by atoms with E-state index in [1.54, 1.807) is 7.05 Å². The molecule has 0 bridgehead atoms. The van der Waals surface area contributed by atoms with Crippen molar-refractivity contribution >= 4 is 44.5 Å². The molecule has 1 aliphatic rings. The van der Waals surface area contributed by atoms with Gasteiger partial charge in [-0.1, -0.05) is 35.0 Å². The zero-order chi connectivity index (χ0) is 20.1. The molecule has 0 amide bonds. The van der Waals surface area contributed by atoms with Gasteiger partial charge in [0.1, 0.15) is 5.54 Å². The van der Waals surface area contributed by atoms with Gasteiger partial charge >= 0.3 is 0 Å². The lowest BCUT2D eigenvalue weighted by atomic mass is 10.0. The molecule has 1 unspecified atom stereocenters. The van der Waals surface area contributed by atoms with Crippen LogP contribution in [0.1, 0.15) is 11.8 Å². The topological polar surface area (TPSA) is 97.6 Å². The Kier molecular flexibility index (Phi) is 4.48. The molecule has 1 aromatic carbocycles. The van der Waals surface area contributed by atoms with E-state index in [2.05, 4.69) is 21.0 Å². The van der Waals surface area contributed by atoms with E-state index in [1.807, 2.05) is 37.3 Å². The Morgan fingerprint density at radius 1 is 1.39 bits per heavy atom. The summed E-state index contributed by atoms with van der Waals surface area (Å²) < 4.78 is 19.2. The van der Waals surface area contributed by atoms with Crippen LogP contribution in [0.3, 0.4) is 0 Å². The van der Waals surface area contributed by atoms with E-state index in [4.69, 9.17) is 21.9 Å². The maximum atomic E-state index is 12.9. The average Bonchev–Trinajstić information content (AvgIpc) is 3.29. The van der Waals surface area contributed by atoms with E-state index in [0.717, 1.165) is 20.9 Å². The summed E-state index contributed by atoms with van der Waals surface area (Å²) in [6.07, 6.45) is 1.29. The van der Waals surface area contributed by atoms with Crippen LogP contribution < -0.4 is 5.73 Å². The largest absolute Gasteiger partial charge is 0.369 e. The first-order valence-electron chi connectivity index (χ1n) is 8.31. The van der Waals surface area contributed by atoms with Gasteiger partial charge in [-0.15, -0.1) is 11.3 Å². The van der Waals surface area contributed by atoms with Crippen molar-refractivity contribution in [1.29, 1.82) is 0 Å². The predicted octanol–water partition coefficient (Wildman–Crippen LogP) is 3.23. The van der Waals surface area contributed by atoms with Crippen LogP contribution in [0.5, 0.6) is 0 Å². The molecule has 2 atom stereocenters. The number of hydrogen-bond donors (Lipinski definition) is 1. The summed E-state index contributed by atoms with van der Waals surface area (Å²) in [5.41, 5.74) is 7.00. The lowest BCUT2D eigenvalue weighted by Crippen LogP contribution is -2.50. The molecule has 3 aromatic rings. The molecule has 0 fully saturated rings. The summed E-state index contributed by atoms with van der Waals surface area (Å²) in [5, 5.41) is 4.43. The molecule has 0 aliphatic carbocycles. The van der Waals surface area contributed by atoms with E-state index >= 15 is 0 Å². The first kappa shape index (κ1) is 19.0. The van der Waals surface area contributed by atoms with Gasteiger partial charge in [-0.25, -0.2) is 9.20 Å². The van der Waals surface area contributed by atoms with Gasteiger partial charge in [0.2, 0.25) is 18.2 Å². The molecule has 0 radical (unpaired) electrons. The second kappa shape index (κ2) is 6.61. The minimum Gasteiger partial charge on any atom is -0.369 e. The monoisotopic (exact) mass is 435 g/mol. The van der Waals surface area contributed by atoms with Crippen LogP contribution in [0.2, 0.25) is 5.02 Å². The molecule has 1 aliphatic heterocycles. The van der Waals surface area contributed by atoms with Crippen molar-refractivity contribution in [3.8, 4) is 21.8 Å². The van der Waals surface area contributed by atoms with Gasteiger partial charge in [0, 0.05) is 17.5 Å². The van der Waals surface area contributed by atoms with Gasteiger partial charge in [0.05, 0.1) is 25.4 Å². The van der Waals surface area contributed by atoms with Crippen molar-refractivity contribution in [2.45, 2.75) is 12.5 Å². The Morgan fingerprint density at radius 2 is 2.14 bits per heavy atom. The Morgan fingerprint density at radius 3 is 2.82 bits per heavy atom. The number of nitrogens with two attached hydrogens (primary N) is 1. The van der Waals surface area contributed by atoms with Gasteiger partial charge in [-0.2, -0.15) is 4.98 Å². The highest BCUT2D eigenvalue weighted by molar-refractivity contribution is 7.98. The molecule has 2 N–H and O–H groups in total. The summed E-state index contributed by atoms with van der Waals surface area (Å²) in [6, 6.07) is 9.66. The third-order valence-electron chi connectivity index (χ3n) is 4.63. The molecule has 28 heavy (non-hydrogen) atoms. The second-order valence-corrected chi connectivity index (χ2v) is 10.6. The fraction of sp³-hybridized carbons (Fsp3) is 0.222. The van der Waals surface area contributed by atoms with Gasteiger partial charge in [-0.3, -0.25) is 4.31 Å². The summed E-state index contributed by atoms with van der Waals surface area (Å²) in [5.74, 6) is 4.79. The molecule has 0 spiro atoms. The smallest absolute Gasteiger partial charge is 0.214 e. The number of guanidine groups is 1. The lowest BCUT2D eigenvalue weighted by Gasteiger charge is -2.36. The maximum absolute atomic E-state index is 12.9. The summed E-state index contributed by atoms with van der Waals surface area (Å²) in [6.45, 7) is 1.88. The molecule has 4 rings (SSSR count). The maximum Gasteiger partial charge on any atom is 0.214 e. The number of aliphatic imine (C=N–C) groups is 1. The molecule has 3 heterocycles. The normalized spacial score (nSPS) is 25.0. The first-order valence-corrected chi connectivity index (χ1v) is 11.4. The molecular formula is C18H18ClN5O2S2. The van der Waals surface area contributed by atoms with Crippen molar-refractivity contribution in [3.63, 3.8) is 0 Å². The Labute approximate surface area is 172 Å². The van der Waals surface area contributed by atoms with Crippen molar-refractivity contribution in [2.24, 2.45) is 10.7 Å². The van der Waals surface area contributed by atoms with Crippen molar-refractivity contribution in [1.82, 2.24) is 14.4 Å². The number of nitrogens with zero attached hydrogens (tertiary/aromatic N) is 4. The summed E-state index contributed by atoms with van der Waals surface area (Å²) >= 11 is 8.07. The van der Waals surface area contributed by atoms with Crippen LogP contribution in [-0.4, -0.2) is 43.3 Å². The van der Waals surface area contributed by atoms with Gasteiger partial charge < -0.3 is 10.3 Å². The molecule has 7 nitrogen and oxygen atoms in total. The number of benzene rings is 1. The summed E-state index contributed by atoms with van der Waals surface area (Å²) in [7, 11) is -0.939. The van der Waals surface area contributed by atoms with E-state index in [9.17, 15) is 4.21 Å². The standard InChI is InChI=1S/C18H18ClN5O2S2/c1-18(9-28(3,25)24(2)17(20)22-18)15-13(19)8-14(27-15)11-5-4-6-12(7-11)16-21-10-26-23-16/h4-8,10H,3,9H2,1-2H3,(H2,20,22)/t18-,28?/m0/s1. The Balaban J connectivity index is 1.77. The fourth-order valence-electron chi connectivity index (χ4n) is 3.17. The van der Waals surface area contributed by atoms with Crippen molar-refractivity contribution < 1.29 is 8.73 Å². The first-order chi connectivity index (χ1) is 13.2. The van der Waals surface area contributed by atoms with Crippen molar-refractivity contribution in [3.05, 3.63) is 46.6 Å². The molecular weight excluding hydrogens is 418 g/mol. The van der Waals surface area contributed by atoms with E-state index < -0.39 is 15.2 Å². The van der Waals surface area contributed by atoms with E-state index in [1.165, 1.54) is 22.0 Å². The molecule has 10 heteroatoms. The molecule has 0 saturated carbocycles. The highest BCUT2D eigenvalue weighted by Crippen LogP contribution is 2.44. The number of halogens is 1. The van der Waals surface area contributed by atoms with Crippen LogP contribution in [0.25, 0.3) is 21.8 Å². The Hall–Kier alpha value is -2.36. The zero-order valence-electron chi connectivity index (χ0n) is 15.3. The third kappa shape index (κ3) is 3.19. The minimum atomic E-state index is -2.58. The summed E-state index contributed by atoms with van der Waals surface area (Å²) in [4.78, 5) is 10.4. The van der Waals surface area contributed by atoms with Crippen LogP contribution >= 0.6 is 22.9 Å². The lowest BCUT2D eigenvalue weighted by molar-refractivity contribution is 0.419. The number of thiophene rings is 1. The molecule has 0 saturated heterocycles. The Bertz CT molecular complexity index is 1170. The average molecular weight is 436 g/mol. The highest BCUT2D eigenvalue weighted by Gasteiger charge is 2.39. The van der Waals surface area contributed by atoms with Gasteiger partial charge in [-0.05, 0) is 30.5 Å². The van der Waals surface area contributed by atoms with Gasteiger partial charge in [0.25, 0.3) is 0 Å². The van der Waals surface area contributed by atoms with Crippen molar-refractivity contribution in [2.75, 3.05) is 12.8 Å². The molecule has 2 aromatic heterocycles.